The van der Waals surface area contributed by atoms with Crippen molar-refractivity contribution < 1.29 is 4.79 Å². The largest absolute Gasteiger partial charge is 0.352 e. The third-order valence-electron chi connectivity index (χ3n) is 7.03. The van der Waals surface area contributed by atoms with Crippen LogP contribution in [0.25, 0.3) is 16.5 Å². The Bertz CT molecular complexity index is 1630. The number of hydrogen-bond donors (Lipinski definition) is 2. The average molecular weight is 597 g/mol. The molecule has 1 amide bonds. The zero-order valence-electron chi connectivity index (χ0n) is 21.0. The Morgan fingerprint density at radius 3 is 2.56 bits per heavy atom. The van der Waals surface area contributed by atoms with Crippen molar-refractivity contribution in [2.75, 3.05) is 11.9 Å². The van der Waals surface area contributed by atoms with E-state index < -0.39 is 0 Å². The Balaban J connectivity index is 1.29. The van der Waals surface area contributed by atoms with Gasteiger partial charge >= 0.3 is 0 Å². The van der Waals surface area contributed by atoms with E-state index in [0.29, 0.717) is 11.7 Å². The second kappa shape index (κ2) is 11.0. The summed E-state index contributed by atoms with van der Waals surface area (Å²) >= 11 is 9.36. The van der Waals surface area contributed by atoms with Gasteiger partial charge in [-0.2, -0.15) is 0 Å². The van der Waals surface area contributed by atoms with E-state index in [1.807, 2.05) is 78.9 Å². The van der Waals surface area contributed by atoms with Gasteiger partial charge in [0.25, 0.3) is 0 Å². The van der Waals surface area contributed by atoms with Crippen molar-refractivity contribution in [2.24, 2.45) is 0 Å². The number of thiocarbonyl (C=S) groups is 1. The zero-order chi connectivity index (χ0) is 26.8. The van der Waals surface area contributed by atoms with E-state index in [0.717, 1.165) is 38.0 Å². The fraction of sp³-hybridized carbons (Fsp3) is 0.129. The molecule has 39 heavy (non-hydrogen) atoms. The third-order valence-corrected chi connectivity index (χ3v) is 7.91. The Kier molecular flexibility index (Phi) is 7.13. The van der Waals surface area contributed by atoms with Crippen LogP contribution >= 0.6 is 28.1 Å². The number of rotatable bonds is 7. The molecule has 0 saturated carbocycles. The molecule has 2 aromatic heterocycles. The maximum atomic E-state index is 13.2. The molecule has 1 saturated heterocycles. The number of aromatic nitrogens is 2. The van der Waals surface area contributed by atoms with Crippen LogP contribution in [-0.4, -0.2) is 32.0 Å². The van der Waals surface area contributed by atoms with Crippen molar-refractivity contribution in [1.82, 2.24) is 19.8 Å². The summed E-state index contributed by atoms with van der Waals surface area (Å²) in [4.78, 5) is 19.9. The van der Waals surface area contributed by atoms with Crippen molar-refractivity contribution in [3.05, 3.63) is 125 Å². The van der Waals surface area contributed by atoms with Crippen LogP contribution in [0.15, 0.2) is 114 Å². The lowest BCUT2D eigenvalue weighted by Crippen LogP contribution is -2.33. The van der Waals surface area contributed by atoms with Crippen molar-refractivity contribution in [1.29, 1.82) is 0 Å². The highest BCUT2D eigenvalue weighted by molar-refractivity contribution is 9.10. The summed E-state index contributed by atoms with van der Waals surface area (Å²) in [6, 6.07) is 31.9. The first-order valence-corrected chi connectivity index (χ1v) is 14.0. The predicted molar refractivity (Wildman–Crippen MR) is 163 cm³/mol. The molecule has 0 radical (unpaired) electrons. The number of nitrogens with zero attached hydrogens (tertiary/aromatic N) is 3. The molecule has 0 aliphatic carbocycles. The van der Waals surface area contributed by atoms with Gasteiger partial charge in [-0.1, -0.05) is 58.4 Å². The Morgan fingerprint density at radius 1 is 0.949 bits per heavy atom. The van der Waals surface area contributed by atoms with E-state index in [1.165, 1.54) is 0 Å². The molecule has 3 heterocycles. The normalized spacial score (nSPS) is 16.8. The monoisotopic (exact) mass is 595 g/mol. The van der Waals surface area contributed by atoms with Gasteiger partial charge in [-0.15, -0.1) is 0 Å². The van der Waals surface area contributed by atoms with Gasteiger partial charge < -0.3 is 20.1 Å². The highest BCUT2D eigenvalue weighted by Gasteiger charge is 2.41. The summed E-state index contributed by atoms with van der Waals surface area (Å²) in [5.74, 6) is -0.0579. The lowest BCUT2D eigenvalue weighted by atomic mass is 10.0. The number of pyridine rings is 1. The number of amides is 1. The molecule has 8 heteroatoms. The topological polar surface area (TPSA) is 62.2 Å². The first kappa shape index (κ1) is 25.3. The zero-order valence-corrected chi connectivity index (χ0v) is 23.4. The number of nitrogens with one attached hydrogen (secondary N) is 2. The number of fused-ring (bicyclic) bond motifs is 1. The lowest BCUT2D eigenvalue weighted by molar-refractivity contribution is -0.116. The molecule has 0 bridgehead atoms. The summed E-state index contributed by atoms with van der Waals surface area (Å²) in [6.45, 7) is 0.460. The molecular weight excluding hydrogens is 570 g/mol. The van der Waals surface area contributed by atoms with Gasteiger partial charge in [0.1, 0.15) is 0 Å². The van der Waals surface area contributed by atoms with Gasteiger partial charge in [-0.25, -0.2) is 0 Å². The minimum absolute atomic E-state index is 0.0579. The van der Waals surface area contributed by atoms with Crippen molar-refractivity contribution in [3.8, 4) is 5.69 Å². The number of carbonyl (C=O) groups excluding carboxylic acids is 1. The van der Waals surface area contributed by atoms with Crippen molar-refractivity contribution in [2.45, 2.75) is 18.5 Å². The molecule has 1 aliphatic heterocycles. The smallest absolute Gasteiger partial charge is 0.226 e. The highest BCUT2D eigenvalue weighted by atomic mass is 79.9. The SMILES string of the molecule is O=C(CCN1C(=S)N[C@@H](c2ccccn2)[C@H]1c1cccn1-c1ccc(Br)cc1)Nc1cccc2ccccc12. The van der Waals surface area contributed by atoms with Crippen molar-refractivity contribution in [3.63, 3.8) is 0 Å². The van der Waals surface area contributed by atoms with Crippen LogP contribution < -0.4 is 10.6 Å². The Labute approximate surface area is 240 Å². The van der Waals surface area contributed by atoms with Gasteiger partial charge in [0.05, 0.1) is 17.8 Å². The average Bonchev–Trinajstić information content (AvgIpc) is 3.57. The highest BCUT2D eigenvalue weighted by Crippen LogP contribution is 2.39. The number of hydrogen-bond acceptors (Lipinski definition) is 3. The fourth-order valence-corrected chi connectivity index (χ4v) is 5.81. The van der Waals surface area contributed by atoms with Crippen LogP contribution in [-0.2, 0) is 4.79 Å². The third kappa shape index (κ3) is 5.17. The summed E-state index contributed by atoms with van der Waals surface area (Å²) in [6.07, 6.45) is 4.14. The molecule has 1 fully saturated rings. The van der Waals surface area contributed by atoms with Crippen LogP contribution in [0, 0.1) is 0 Å². The van der Waals surface area contributed by atoms with E-state index in [4.69, 9.17) is 12.2 Å². The summed E-state index contributed by atoms with van der Waals surface area (Å²) in [7, 11) is 0. The van der Waals surface area contributed by atoms with E-state index in [-0.39, 0.29) is 24.4 Å². The second-order valence-electron chi connectivity index (χ2n) is 9.42. The van der Waals surface area contributed by atoms with E-state index in [2.05, 4.69) is 65.4 Å². The molecule has 5 aromatic rings. The number of anilines is 1. The van der Waals surface area contributed by atoms with E-state index >= 15 is 0 Å². The molecule has 0 unspecified atom stereocenters. The molecule has 3 aromatic carbocycles. The maximum absolute atomic E-state index is 13.2. The Hall–Kier alpha value is -4.01. The van der Waals surface area contributed by atoms with Crippen LogP contribution in [0.3, 0.4) is 0 Å². The minimum Gasteiger partial charge on any atom is -0.352 e. The van der Waals surface area contributed by atoms with Crippen LogP contribution in [0.2, 0.25) is 0 Å². The lowest BCUT2D eigenvalue weighted by Gasteiger charge is -2.29. The number of halogens is 1. The summed E-state index contributed by atoms with van der Waals surface area (Å²) < 4.78 is 3.19. The number of carbonyl (C=O) groups is 1. The Morgan fingerprint density at radius 2 is 1.74 bits per heavy atom. The quantitative estimate of drug-likeness (QED) is 0.203. The van der Waals surface area contributed by atoms with Gasteiger partial charge in [-0.05, 0) is 72.2 Å². The molecule has 194 valence electrons. The fourth-order valence-electron chi connectivity index (χ4n) is 5.21. The van der Waals surface area contributed by atoms with E-state index in [1.54, 1.807) is 6.20 Å². The van der Waals surface area contributed by atoms with Gasteiger partial charge in [0.2, 0.25) is 5.91 Å². The molecule has 0 spiro atoms. The summed E-state index contributed by atoms with van der Waals surface area (Å²) in [5, 5.41) is 9.31. The maximum Gasteiger partial charge on any atom is 0.226 e. The van der Waals surface area contributed by atoms with Gasteiger partial charge in [0.15, 0.2) is 5.11 Å². The first-order chi connectivity index (χ1) is 19.1. The van der Waals surface area contributed by atoms with Crippen LogP contribution in [0.1, 0.15) is 29.9 Å². The predicted octanol–water partition coefficient (Wildman–Crippen LogP) is 6.79. The molecule has 2 N–H and O–H groups in total. The van der Waals surface area contributed by atoms with Crippen LogP contribution in [0.5, 0.6) is 0 Å². The number of benzene rings is 3. The second-order valence-corrected chi connectivity index (χ2v) is 10.7. The standard InChI is InChI=1S/C31H26BrN5OS/c32-22-13-15-23(16-14-22)36-19-6-12-27(36)30-29(26-10-3-4-18-33-26)35-31(39)37(30)20-17-28(38)34-25-11-5-8-21-7-1-2-9-24(21)25/h1-16,18-19,29-30H,17,20H2,(H,34,38)(H,35,39)/t29-,30+/m0/s1. The molecule has 1 aliphatic rings. The van der Waals surface area contributed by atoms with Gasteiger partial charge in [-0.3, -0.25) is 9.78 Å². The van der Waals surface area contributed by atoms with Crippen LogP contribution in [0.4, 0.5) is 5.69 Å². The molecular formula is C31H26BrN5OS. The minimum atomic E-state index is -0.163. The molecule has 6 rings (SSSR count). The van der Waals surface area contributed by atoms with Crippen molar-refractivity contribution >= 4 is 55.6 Å². The first-order valence-electron chi connectivity index (χ1n) is 12.8. The van der Waals surface area contributed by atoms with Gasteiger partial charge in [0, 0.05) is 52.3 Å². The summed E-state index contributed by atoms with van der Waals surface area (Å²) in [5.41, 5.74) is 3.82. The molecule has 6 nitrogen and oxygen atoms in total. The molecule has 2 atom stereocenters. The van der Waals surface area contributed by atoms with E-state index in [9.17, 15) is 4.79 Å².